The molecule has 0 unspecified atom stereocenters. The second-order valence-electron chi connectivity index (χ2n) is 3.59. The Hall–Kier alpha value is 0.470. The molecule has 0 nitrogen and oxygen atoms in total. The van der Waals surface area contributed by atoms with Gasteiger partial charge in [-0.15, -0.1) is 0 Å². The first-order valence-corrected chi connectivity index (χ1v) is 7.45. The highest BCUT2D eigenvalue weighted by Gasteiger charge is 2.20. The molecule has 0 aromatic heterocycles. The van der Waals surface area contributed by atoms with Crippen LogP contribution in [-0.4, -0.2) is 0 Å². The van der Waals surface area contributed by atoms with Gasteiger partial charge in [0.1, 0.15) is 0 Å². The SMILES string of the molecule is Clc1cc(Cl)c(-c2c(Cl)c(Cl)cc(Cl)c2Cl)c(Cl)c1. The van der Waals surface area contributed by atoms with E-state index in [2.05, 4.69) is 0 Å². The molecule has 0 saturated carbocycles. The maximum absolute atomic E-state index is 6.16. The maximum Gasteiger partial charge on any atom is 0.0687 e. The molecular weight excluding hydrogens is 392 g/mol. The lowest BCUT2D eigenvalue weighted by Gasteiger charge is -2.14. The van der Waals surface area contributed by atoms with Gasteiger partial charge < -0.3 is 0 Å². The van der Waals surface area contributed by atoms with Gasteiger partial charge in [0.25, 0.3) is 0 Å². The molecule has 100 valence electrons. The fraction of sp³-hybridized carbons (Fsp3) is 0. The lowest BCUT2D eigenvalue weighted by molar-refractivity contribution is 1.61. The Morgan fingerprint density at radius 2 is 0.895 bits per heavy atom. The quantitative estimate of drug-likeness (QED) is 0.430. The predicted octanol–water partition coefficient (Wildman–Crippen LogP) is 7.93. The lowest BCUT2D eigenvalue weighted by Crippen LogP contribution is -1.88. The molecule has 0 aliphatic rings. The molecule has 0 aliphatic carbocycles. The molecule has 0 heterocycles. The molecule has 7 heteroatoms. The van der Waals surface area contributed by atoms with Crippen LogP contribution >= 0.6 is 81.2 Å². The molecule has 0 amide bonds. The van der Waals surface area contributed by atoms with E-state index in [0.717, 1.165) is 0 Å². The average molecular weight is 395 g/mol. The van der Waals surface area contributed by atoms with Crippen molar-refractivity contribution in [3.05, 3.63) is 53.4 Å². The number of hydrogen-bond acceptors (Lipinski definition) is 0. The van der Waals surface area contributed by atoms with E-state index in [1.165, 1.54) is 18.2 Å². The first-order valence-electron chi connectivity index (χ1n) is 4.80. The lowest BCUT2D eigenvalue weighted by atomic mass is 10.1. The summed E-state index contributed by atoms with van der Waals surface area (Å²) >= 11 is 42.5. The van der Waals surface area contributed by atoms with Crippen LogP contribution in [0.4, 0.5) is 0 Å². The summed E-state index contributed by atoms with van der Waals surface area (Å²) in [6.45, 7) is 0. The largest absolute Gasteiger partial charge is 0.0842 e. The molecule has 0 fully saturated rings. The fourth-order valence-corrected chi connectivity index (χ4v) is 3.58. The van der Waals surface area contributed by atoms with Crippen LogP contribution in [0.25, 0.3) is 11.1 Å². The zero-order valence-electron chi connectivity index (χ0n) is 8.88. The van der Waals surface area contributed by atoms with Gasteiger partial charge in [0.2, 0.25) is 0 Å². The minimum atomic E-state index is 0.224. The molecular formula is C12H3Cl7. The Morgan fingerprint density at radius 3 is 1.32 bits per heavy atom. The molecule has 0 bridgehead atoms. The summed E-state index contributed by atoms with van der Waals surface area (Å²) in [4.78, 5) is 0. The zero-order chi connectivity index (χ0) is 14.3. The summed E-state index contributed by atoms with van der Waals surface area (Å²) in [5.41, 5.74) is 0.819. The van der Waals surface area contributed by atoms with Gasteiger partial charge >= 0.3 is 0 Å². The third kappa shape index (κ3) is 3.06. The van der Waals surface area contributed by atoms with E-state index >= 15 is 0 Å². The van der Waals surface area contributed by atoms with Gasteiger partial charge in [0.05, 0.1) is 30.1 Å². The van der Waals surface area contributed by atoms with Crippen molar-refractivity contribution in [2.24, 2.45) is 0 Å². The third-order valence-electron chi connectivity index (χ3n) is 2.37. The van der Waals surface area contributed by atoms with Crippen molar-refractivity contribution in [3.8, 4) is 11.1 Å². The van der Waals surface area contributed by atoms with Crippen molar-refractivity contribution in [1.29, 1.82) is 0 Å². The molecule has 0 atom stereocenters. The number of hydrogen-bond donors (Lipinski definition) is 0. The minimum Gasteiger partial charge on any atom is -0.0842 e. The second-order valence-corrected chi connectivity index (χ2v) is 6.41. The van der Waals surface area contributed by atoms with Gasteiger partial charge in [0, 0.05) is 16.1 Å². The maximum atomic E-state index is 6.16. The zero-order valence-corrected chi connectivity index (χ0v) is 14.2. The van der Waals surface area contributed by atoms with E-state index in [0.29, 0.717) is 26.2 Å². The highest BCUT2D eigenvalue weighted by Crippen LogP contribution is 2.48. The van der Waals surface area contributed by atoms with Gasteiger partial charge in [-0.25, -0.2) is 0 Å². The average Bonchev–Trinajstić information content (AvgIpc) is 2.30. The predicted molar refractivity (Wildman–Crippen MR) is 86.9 cm³/mol. The minimum absolute atomic E-state index is 0.224. The summed E-state index contributed by atoms with van der Waals surface area (Å²) in [7, 11) is 0. The number of rotatable bonds is 1. The molecule has 0 radical (unpaired) electrons. The normalized spacial score (nSPS) is 10.9. The van der Waals surface area contributed by atoms with Crippen LogP contribution in [0, 0.1) is 0 Å². The van der Waals surface area contributed by atoms with Gasteiger partial charge in [-0.3, -0.25) is 0 Å². The van der Waals surface area contributed by atoms with Gasteiger partial charge in [-0.05, 0) is 18.2 Å². The van der Waals surface area contributed by atoms with Crippen LogP contribution in [0.1, 0.15) is 0 Å². The van der Waals surface area contributed by atoms with Crippen LogP contribution in [0.2, 0.25) is 35.2 Å². The summed E-state index contributed by atoms with van der Waals surface area (Å²) in [5, 5.41) is 1.98. The van der Waals surface area contributed by atoms with Gasteiger partial charge in [-0.1, -0.05) is 81.2 Å². The van der Waals surface area contributed by atoms with Crippen LogP contribution in [0.5, 0.6) is 0 Å². The van der Waals surface area contributed by atoms with Crippen molar-refractivity contribution in [1.82, 2.24) is 0 Å². The Kier molecular flexibility index (Phi) is 5.07. The first-order chi connectivity index (χ1) is 8.82. The topological polar surface area (TPSA) is 0 Å². The molecule has 0 spiro atoms. The van der Waals surface area contributed by atoms with E-state index in [1.54, 1.807) is 0 Å². The van der Waals surface area contributed by atoms with E-state index in [4.69, 9.17) is 81.2 Å². The van der Waals surface area contributed by atoms with Crippen LogP contribution in [0.3, 0.4) is 0 Å². The molecule has 2 aromatic rings. The second kappa shape index (κ2) is 6.07. The summed E-state index contributed by atoms with van der Waals surface area (Å²) in [6, 6.07) is 4.52. The monoisotopic (exact) mass is 392 g/mol. The number of benzene rings is 2. The van der Waals surface area contributed by atoms with Crippen molar-refractivity contribution >= 4 is 81.2 Å². The molecule has 2 rings (SSSR count). The standard InChI is InChI=1S/C12H3Cl7/c13-4-1-5(14)9(6(15)2-4)10-11(18)7(16)3-8(17)12(10)19/h1-3H. The van der Waals surface area contributed by atoms with E-state index in [-0.39, 0.29) is 20.1 Å². The third-order valence-corrected chi connectivity index (χ3v) is 4.76. The highest BCUT2D eigenvalue weighted by molar-refractivity contribution is 6.51. The van der Waals surface area contributed by atoms with Crippen molar-refractivity contribution in [3.63, 3.8) is 0 Å². The van der Waals surface area contributed by atoms with E-state index in [9.17, 15) is 0 Å². The summed E-state index contributed by atoms with van der Waals surface area (Å²) < 4.78 is 0. The van der Waals surface area contributed by atoms with Crippen LogP contribution < -0.4 is 0 Å². The Balaban J connectivity index is 2.87. The fourth-order valence-electron chi connectivity index (χ4n) is 1.57. The van der Waals surface area contributed by atoms with Gasteiger partial charge in [0.15, 0.2) is 0 Å². The van der Waals surface area contributed by atoms with Gasteiger partial charge in [-0.2, -0.15) is 0 Å². The molecule has 0 aliphatic heterocycles. The molecule has 2 aromatic carbocycles. The smallest absolute Gasteiger partial charge is 0.0687 e. The Bertz CT molecular complexity index is 614. The molecule has 19 heavy (non-hydrogen) atoms. The number of halogens is 7. The first kappa shape index (κ1) is 15.9. The van der Waals surface area contributed by atoms with E-state index in [1.807, 2.05) is 0 Å². The van der Waals surface area contributed by atoms with Crippen LogP contribution in [0.15, 0.2) is 18.2 Å². The summed E-state index contributed by atoms with van der Waals surface area (Å²) in [6.07, 6.45) is 0. The van der Waals surface area contributed by atoms with Crippen molar-refractivity contribution in [2.75, 3.05) is 0 Å². The Morgan fingerprint density at radius 1 is 0.474 bits per heavy atom. The highest BCUT2D eigenvalue weighted by atomic mass is 35.5. The van der Waals surface area contributed by atoms with Crippen molar-refractivity contribution < 1.29 is 0 Å². The van der Waals surface area contributed by atoms with Crippen molar-refractivity contribution in [2.45, 2.75) is 0 Å². The molecule has 0 saturated heterocycles. The summed E-state index contributed by atoms with van der Waals surface area (Å²) in [5.74, 6) is 0. The van der Waals surface area contributed by atoms with E-state index < -0.39 is 0 Å². The van der Waals surface area contributed by atoms with Crippen LogP contribution in [-0.2, 0) is 0 Å². The molecule has 0 N–H and O–H groups in total. The Labute approximate surface area is 145 Å².